The Morgan fingerprint density at radius 2 is 1.77 bits per heavy atom. The monoisotopic (exact) mass is 430 g/mol. The Hall–Kier alpha value is -1.75. The molecule has 1 amide bonds. The molecule has 0 saturated heterocycles. The Bertz CT molecular complexity index is 888. The first-order chi connectivity index (χ1) is 14.2. The van der Waals surface area contributed by atoms with Crippen molar-refractivity contribution >= 4 is 29.4 Å². The number of para-hydroxylation sites is 1. The van der Waals surface area contributed by atoms with E-state index in [-0.39, 0.29) is 29.1 Å². The number of aromatic nitrogens is 1. The van der Waals surface area contributed by atoms with E-state index < -0.39 is 0 Å². The van der Waals surface area contributed by atoms with Crippen molar-refractivity contribution in [3.8, 4) is 0 Å². The van der Waals surface area contributed by atoms with E-state index in [1.165, 1.54) is 0 Å². The van der Waals surface area contributed by atoms with Gasteiger partial charge in [-0.05, 0) is 68.2 Å². The van der Waals surface area contributed by atoms with Crippen LogP contribution in [0.25, 0.3) is 10.9 Å². The van der Waals surface area contributed by atoms with Crippen molar-refractivity contribution in [1.29, 1.82) is 0 Å². The van der Waals surface area contributed by atoms with Gasteiger partial charge in [0.2, 0.25) is 0 Å². The third kappa shape index (κ3) is 6.63. The lowest BCUT2D eigenvalue weighted by molar-refractivity contribution is 0.0923. The molecule has 30 heavy (non-hydrogen) atoms. The quantitative estimate of drug-likeness (QED) is 0.347. The van der Waals surface area contributed by atoms with Crippen LogP contribution in [0.1, 0.15) is 83.1 Å². The van der Waals surface area contributed by atoms with E-state index in [1.807, 2.05) is 38.1 Å². The average Bonchev–Trinajstić information content (AvgIpc) is 2.66. The van der Waals surface area contributed by atoms with Gasteiger partial charge in [0.15, 0.2) is 0 Å². The minimum atomic E-state index is -0.256. The predicted octanol–water partition coefficient (Wildman–Crippen LogP) is 5.85. The molecule has 5 heteroatoms. The van der Waals surface area contributed by atoms with Crippen LogP contribution in [0.3, 0.4) is 0 Å². The standard InChI is InChI=1S/C25H38N2O2S/c1-17(2)14-21(15-19(5)10-8-9-13-30)26-24(28)22-16-20-11-6-7-12-23(20)27(18(3)4)25(22)29/h6-7,11-12,16-19,21,30H,8-10,13-15H2,1-5H3,(H,26,28)/t19-,21?/m0/s1. The number of rotatable bonds is 11. The second-order valence-corrected chi connectivity index (χ2v) is 9.69. The largest absolute Gasteiger partial charge is 0.349 e. The number of amides is 1. The van der Waals surface area contributed by atoms with Crippen molar-refractivity contribution in [1.82, 2.24) is 9.88 Å². The highest BCUT2D eigenvalue weighted by molar-refractivity contribution is 7.80. The highest BCUT2D eigenvalue weighted by Crippen LogP contribution is 2.20. The van der Waals surface area contributed by atoms with Gasteiger partial charge in [-0.1, -0.05) is 51.8 Å². The molecule has 1 unspecified atom stereocenters. The molecule has 1 aromatic carbocycles. The maximum absolute atomic E-state index is 13.2. The summed E-state index contributed by atoms with van der Waals surface area (Å²) in [6.45, 7) is 10.5. The first-order valence-electron chi connectivity index (χ1n) is 11.3. The average molecular weight is 431 g/mol. The Morgan fingerprint density at radius 1 is 1.07 bits per heavy atom. The zero-order chi connectivity index (χ0) is 22.3. The van der Waals surface area contributed by atoms with Crippen molar-refractivity contribution in [3.63, 3.8) is 0 Å². The third-order valence-corrected chi connectivity index (χ3v) is 5.91. The summed E-state index contributed by atoms with van der Waals surface area (Å²) in [6, 6.07) is 9.55. The van der Waals surface area contributed by atoms with E-state index in [9.17, 15) is 9.59 Å². The fourth-order valence-electron chi connectivity index (χ4n) is 4.22. The van der Waals surface area contributed by atoms with Crippen molar-refractivity contribution in [2.75, 3.05) is 5.75 Å². The van der Waals surface area contributed by atoms with Crippen LogP contribution >= 0.6 is 12.6 Å². The van der Waals surface area contributed by atoms with E-state index in [0.717, 1.165) is 48.8 Å². The molecule has 0 saturated carbocycles. The van der Waals surface area contributed by atoms with Crippen molar-refractivity contribution in [2.45, 2.75) is 78.8 Å². The van der Waals surface area contributed by atoms with Gasteiger partial charge in [0, 0.05) is 12.1 Å². The number of hydrogen-bond donors (Lipinski definition) is 2. The van der Waals surface area contributed by atoms with Gasteiger partial charge >= 0.3 is 0 Å². The molecule has 2 atom stereocenters. The number of pyridine rings is 1. The lowest BCUT2D eigenvalue weighted by Crippen LogP contribution is -2.40. The molecule has 166 valence electrons. The molecule has 1 aromatic heterocycles. The van der Waals surface area contributed by atoms with Crippen molar-refractivity contribution in [2.24, 2.45) is 11.8 Å². The van der Waals surface area contributed by atoms with E-state index >= 15 is 0 Å². The molecule has 0 fully saturated rings. The second kappa shape index (κ2) is 11.6. The summed E-state index contributed by atoms with van der Waals surface area (Å²) in [6.07, 6.45) is 5.27. The van der Waals surface area contributed by atoms with Crippen LogP contribution in [0.2, 0.25) is 0 Å². The summed E-state index contributed by atoms with van der Waals surface area (Å²) in [5.41, 5.74) is 0.885. The molecule has 4 nitrogen and oxygen atoms in total. The Labute approximate surface area is 186 Å². The SMILES string of the molecule is CC(C)CC(C[C@@H](C)CCCCS)NC(=O)c1cc2ccccc2n(C(C)C)c1=O. The summed E-state index contributed by atoms with van der Waals surface area (Å²) < 4.78 is 1.72. The topological polar surface area (TPSA) is 51.1 Å². The summed E-state index contributed by atoms with van der Waals surface area (Å²) in [5, 5.41) is 4.10. The summed E-state index contributed by atoms with van der Waals surface area (Å²) in [5.74, 6) is 1.67. The van der Waals surface area contributed by atoms with E-state index in [1.54, 1.807) is 10.6 Å². The molecule has 0 aliphatic carbocycles. The molecular formula is C25H38N2O2S. The maximum atomic E-state index is 13.2. The van der Waals surface area contributed by atoms with Crippen LogP contribution < -0.4 is 10.9 Å². The minimum Gasteiger partial charge on any atom is -0.349 e. The van der Waals surface area contributed by atoms with Crippen LogP contribution in [-0.2, 0) is 0 Å². The first-order valence-corrected chi connectivity index (χ1v) is 11.9. The van der Waals surface area contributed by atoms with Crippen LogP contribution in [0.15, 0.2) is 35.1 Å². The zero-order valence-electron chi connectivity index (χ0n) is 19.1. The van der Waals surface area contributed by atoms with Gasteiger partial charge in [-0.3, -0.25) is 9.59 Å². The fraction of sp³-hybridized carbons (Fsp3) is 0.600. The Balaban J connectivity index is 2.27. The normalized spacial score (nSPS) is 13.7. The molecule has 0 aliphatic heterocycles. The molecule has 0 aliphatic rings. The smallest absolute Gasteiger partial charge is 0.264 e. The zero-order valence-corrected chi connectivity index (χ0v) is 20.0. The second-order valence-electron chi connectivity index (χ2n) is 9.25. The number of fused-ring (bicyclic) bond motifs is 1. The minimum absolute atomic E-state index is 0.0199. The van der Waals surface area contributed by atoms with Gasteiger partial charge in [0.25, 0.3) is 11.5 Å². The summed E-state index contributed by atoms with van der Waals surface area (Å²) in [7, 11) is 0. The molecule has 2 aromatic rings. The van der Waals surface area contributed by atoms with E-state index in [0.29, 0.717) is 11.8 Å². The van der Waals surface area contributed by atoms with Crippen LogP contribution in [0.4, 0.5) is 0 Å². The molecule has 0 spiro atoms. The molecule has 1 heterocycles. The highest BCUT2D eigenvalue weighted by Gasteiger charge is 2.22. The number of unbranched alkanes of at least 4 members (excludes halogenated alkanes) is 1. The van der Waals surface area contributed by atoms with Crippen molar-refractivity contribution in [3.05, 3.63) is 46.2 Å². The summed E-state index contributed by atoms with van der Waals surface area (Å²) >= 11 is 4.29. The maximum Gasteiger partial charge on any atom is 0.264 e. The number of nitrogens with one attached hydrogen (secondary N) is 1. The molecule has 0 bridgehead atoms. The van der Waals surface area contributed by atoms with Crippen LogP contribution in [0.5, 0.6) is 0 Å². The van der Waals surface area contributed by atoms with Gasteiger partial charge in [-0.15, -0.1) is 0 Å². The lowest BCUT2D eigenvalue weighted by Gasteiger charge is -2.24. The number of benzene rings is 1. The lowest BCUT2D eigenvalue weighted by atomic mass is 9.91. The Morgan fingerprint density at radius 3 is 2.40 bits per heavy atom. The Kier molecular flexibility index (Phi) is 9.47. The van der Waals surface area contributed by atoms with Gasteiger partial charge in [-0.2, -0.15) is 12.6 Å². The number of carbonyl (C=O) groups is 1. The molecule has 2 rings (SSSR count). The van der Waals surface area contributed by atoms with Gasteiger partial charge in [0.05, 0.1) is 5.52 Å². The number of nitrogens with zero attached hydrogens (tertiary/aromatic N) is 1. The van der Waals surface area contributed by atoms with Gasteiger partial charge < -0.3 is 9.88 Å². The highest BCUT2D eigenvalue weighted by atomic mass is 32.1. The van der Waals surface area contributed by atoms with Gasteiger partial charge in [-0.25, -0.2) is 0 Å². The number of hydrogen-bond acceptors (Lipinski definition) is 3. The fourth-order valence-corrected chi connectivity index (χ4v) is 4.44. The van der Waals surface area contributed by atoms with E-state index in [4.69, 9.17) is 0 Å². The number of thiol groups is 1. The van der Waals surface area contributed by atoms with E-state index in [2.05, 4.69) is 38.7 Å². The summed E-state index contributed by atoms with van der Waals surface area (Å²) in [4.78, 5) is 26.3. The van der Waals surface area contributed by atoms with Gasteiger partial charge in [0.1, 0.15) is 5.56 Å². The molecular weight excluding hydrogens is 392 g/mol. The predicted molar refractivity (Wildman–Crippen MR) is 131 cm³/mol. The van der Waals surface area contributed by atoms with Crippen molar-refractivity contribution < 1.29 is 4.79 Å². The molecule has 0 radical (unpaired) electrons. The first kappa shape index (κ1) is 24.5. The molecule has 1 N–H and O–H groups in total. The third-order valence-electron chi connectivity index (χ3n) is 5.59. The number of carbonyl (C=O) groups excluding carboxylic acids is 1. The van der Waals surface area contributed by atoms with Crippen LogP contribution in [-0.4, -0.2) is 22.3 Å². The van der Waals surface area contributed by atoms with Crippen LogP contribution in [0, 0.1) is 11.8 Å².